The van der Waals surface area contributed by atoms with Gasteiger partial charge in [0.2, 0.25) is 11.8 Å². The maximum absolute atomic E-state index is 12.5. The van der Waals surface area contributed by atoms with Crippen molar-refractivity contribution < 1.29 is 14.4 Å². The molecule has 0 aromatic carbocycles. The van der Waals surface area contributed by atoms with Gasteiger partial charge < -0.3 is 19.7 Å². The van der Waals surface area contributed by atoms with Gasteiger partial charge in [0.05, 0.1) is 6.54 Å². The molecule has 2 fully saturated rings. The molecule has 112 valence electrons. The molecule has 2 aliphatic heterocycles. The third-order valence-electron chi connectivity index (χ3n) is 4.15. The van der Waals surface area contributed by atoms with Crippen molar-refractivity contribution in [3.05, 3.63) is 24.0 Å². The van der Waals surface area contributed by atoms with Crippen LogP contribution in [0.2, 0.25) is 0 Å². The zero-order chi connectivity index (χ0) is 15.1. The molecule has 0 bridgehead atoms. The molecular formula is C14H18N4O3. The van der Waals surface area contributed by atoms with E-state index in [1.807, 2.05) is 19.3 Å². The number of nitrogens with zero attached hydrogens (tertiary/aromatic N) is 3. The van der Waals surface area contributed by atoms with Gasteiger partial charge in [-0.1, -0.05) is 0 Å². The number of aryl methyl sites for hydroxylation is 1. The second-order valence-corrected chi connectivity index (χ2v) is 5.53. The largest absolute Gasteiger partial charge is 0.347 e. The van der Waals surface area contributed by atoms with Gasteiger partial charge in [-0.05, 0) is 19.1 Å². The summed E-state index contributed by atoms with van der Waals surface area (Å²) in [6.07, 6.45) is 1.81. The minimum Gasteiger partial charge on any atom is -0.347 e. The zero-order valence-electron chi connectivity index (χ0n) is 12.1. The SMILES string of the molecule is C[C@@H]1NC(=O)[C@@H]2CN(C(=O)c3cccn3C)CCN2C1=O. The maximum Gasteiger partial charge on any atom is 0.270 e. The molecule has 2 aliphatic rings. The highest BCUT2D eigenvalue weighted by atomic mass is 16.2. The average molecular weight is 290 g/mol. The molecule has 0 aliphatic carbocycles. The lowest BCUT2D eigenvalue weighted by Gasteiger charge is -2.44. The number of nitrogens with one attached hydrogen (secondary N) is 1. The predicted octanol–water partition coefficient (Wildman–Crippen LogP) is -0.804. The Labute approximate surface area is 122 Å². The Balaban J connectivity index is 1.78. The van der Waals surface area contributed by atoms with E-state index in [2.05, 4.69) is 5.32 Å². The van der Waals surface area contributed by atoms with Crippen molar-refractivity contribution in [2.24, 2.45) is 7.05 Å². The number of hydrogen-bond donors (Lipinski definition) is 1. The monoisotopic (exact) mass is 290 g/mol. The highest BCUT2D eigenvalue weighted by Gasteiger charge is 2.42. The fraction of sp³-hybridized carbons (Fsp3) is 0.500. The summed E-state index contributed by atoms with van der Waals surface area (Å²) in [6, 6.07) is 2.50. The molecule has 7 heteroatoms. The minimum absolute atomic E-state index is 0.0782. The van der Waals surface area contributed by atoms with Crippen molar-refractivity contribution in [2.75, 3.05) is 19.6 Å². The third kappa shape index (κ3) is 2.18. The second-order valence-electron chi connectivity index (χ2n) is 5.53. The van der Waals surface area contributed by atoms with Crippen LogP contribution in [0.5, 0.6) is 0 Å². The Kier molecular flexibility index (Phi) is 3.19. The molecule has 3 rings (SSSR count). The van der Waals surface area contributed by atoms with Crippen LogP contribution in [0.4, 0.5) is 0 Å². The Morgan fingerprint density at radius 1 is 1.33 bits per heavy atom. The number of carbonyl (C=O) groups is 3. The second kappa shape index (κ2) is 4.91. The van der Waals surface area contributed by atoms with E-state index >= 15 is 0 Å². The van der Waals surface area contributed by atoms with Crippen LogP contribution in [-0.2, 0) is 16.6 Å². The van der Waals surface area contributed by atoms with Gasteiger partial charge in [0.15, 0.2) is 0 Å². The van der Waals surface area contributed by atoms with Gasteiger partial charge in [-0.15, -0.1) is 0 Å². The highest BCUT2D eigenvalue weighted by molar-refractivity contribution is 5.98. The number of aromatic nitrogens is 1. The Morgan fingerprint density at radius 3 is 2.76 bits per heavy atom. The minimum atomic E-state index is -0.577. The molecule has 0 radical (unpaired) electrons. The molecule has 1 aromatic heterocycles. The van der Waals surface area contributed by atoms with Gasteiger partial charge >= 0.3 is 0 Å². The molecule has 1 N–H and O–H groups in total. The van der Waals surface area contributed by atoms with Crippen molar-refractivity contribution in [1.82, 2.24) is 19.7 Å². The predicted molar refractivity (Wildman–Crippen MR) is 74.4 cm³/mol. The van der Waals surface area contributed by atoms with E-state index in [0.29, 0.717) is 18.8 Å². The third-order valence-corrected chi connectivity index (χ3v) is 4.15. The summed E-state index contributed by atoms with van der Waals surface area (Å²) in [5, 5.41) is 2.66. The topological polar surface area (TPSA) is 74.7 Å². The maximum atomic E-state index is 12.5. The lowest BCUT2D eigenvalue weighted by molar-refractivity contribution is -0.151. The van der Waals surface area contributed by atoms with E-state index in [9.17, 15) is 14.4 Å². The quantitative estimate of drug-likeness (QED) is 0.735. The van der Waals surface area contributed by atoms with Gasteiger partial charge in [0, 0.05) is 26.3 Å². The summed E-state index contributed by atoms with van der Waals surface area (Å²) in [6.45, 7) is 2.77. The molecule has 2 atom stereocenters. The first-order valence-electron chi connectivity index (χ1n) is 7.00. The van der Waals surface area contributed by atoms with E-state index in [-0.39, 0.29) is 24.3 Å². The summed E-state index contributed by atoms with van der Waals surface area (Å²) < 4.78 is 1.75. The summed E-state index contributed by atoms with van der Waals surface area (Å²) >= 11 is 0. The summed E-state index contributed by atoms with van der Waals surface area (Å²) in [5.41, 5.74) is 0.583. The van der Waals surface area contributed by atoms with Crippen LogP contribution in [0.25, 0.3) is 0 Å². The molecule has 21 heavy (non-hydrogen) atoms. The average Bonchev–Trinajstić information content (AvgIpc) is 2.90. The fourth-order valence-electron chi connectivity index (χ4n) is 2.92. The van der Waals surface area contributed by atoms with E-state index in [1.54, 1.807) is 27.4 Å². The van der Waals surface area contributed by atoms with Gasteiger partial charge in [0.25, 0.3) is 5.91 Å². The van der Waals surface area contributed by atoms with Crippen molar-refractivity contribution in [2.45, 2.75) is 19.0 Å². The first-order valence-corrected chi connectivity index (χ1v) is 7.00. The molecule has 1 aromatic rings. The number of piperazine rings is 2. The van der Waals surface area contributed by atoms with Crippen LogP contribution >= 0.6 is 0 Å². The smallest absolute Gasteiger partial charge is 0.270 e. The van der Waals surface area contributed by atoms with Gasteiger partial charge in [-0.25, -0.2) is 0 Å². The van der Waals surface area contributed by atoms with E-state index in [4.69, 9.17) is 0 Å². The van der Waals surface area contributed by atoms with Crippen molar-refractivity contribution in [1.29, 1.82) is 0 Å². The number of rotatable bonds is 1. The van der Waals surface area contributed by atoms with Crippen molar-refractivity contribution >= 4 is 17.7 Å². The number of carbonyl (C=O) groups excluding carboxylic acids is 3. The standard InChI is InChI=1S/C14H18N4O3/c1-9-13(20)18-7-6-17(8-11(18)12(19)15-9)14(21)10-4-3-5-16(10)2/h3-5,9,11H,6-8H2,1-2H3,(H,15,19)/t9-,11-/m0/s1. The summed E-state index contributed by atoms with van der Waals surface area (Å²) in [7, 11) is 1.81. The van der Waals surface area contributed by atoms with Gasteiger partial charge in [0.1, 0.15) is 17.8 Å². The van der Waals surface area contributed by atoms with E-state index in [1.165, 1.54) is 0 Å². The zero-order valence-corrected chi connectivity index (χ0v) is 12.1. The summed E-state index contributed by atoms with van der Waals surface area (Å²) in [5.74, 6) is -0.377. The van der Waals surface area contributed by atoms with Crippen LogP contribution < -0.4 is 5.32 Å². The Hall–Kier alpha value is -2.31. The van der Waals surface area contributed by atoms with E-state index in [0.717, 1.165) is 0 Å². The lowest BCUT2D eigenvalue weighted by atomic mass is 10.0. The summed E-state index contributed by atoms with van der Waals surface area (Å²) in [4.78, 5) is 39.8. The van der Waals surface area contributed by atoms with Crippen molar-refractivity contribution in [3.63, 3.8) is 0 Å². The lowest BCUT2D eigenvalue weighted by Crippen LogP contribution is -2.69. The molecule has 0 unspecified atom stereocenters. The first kappa shape index (κ1) is 13.7. The van der Waals surface area contributed by atoms with Gasteiger partial charge in [-0.3, -0.25) is 14.4 Å². The first-order chi connectivity index (χ1) is 9.99. The molecule has 7 nitrogen and oxygen atoms in total. The van der Waals surface area contributed by atoms with E-state index < -0.39 is 12.1 Å². The molecule has 0 spiro atoms. The highest BCUT2D eigenvalue weighted by Crippen LogP contribution is 2.18. The van der Waals surface area contributed by atoms with Crippen molar-refractivity contribution in [3.8, 4) is 0 Å². The van der Waals surface area contributed by atoms with Crippen LogP contribution in [0.1, 0.15) is 17.4 Å². The van der Waals surface area contributed by atoms with Crippen LogP contribution in [-0.4, -0.2) is 63.8 Å². The fourth-order valence-corrected chi connectivity index (χ4v) is 2.92. The molecular weight excluding hydrogens is 272 g/mol. The number of fused-ring (bicyclic) bond motifs is 1. The van der Waals surface area contributed by atoms with Gasteiger partial charge in [-0.2, -0.15) is 0 Å². The molecule has 3 heterocycles. The molecule has 3 amide bonds. The number of amides is 3. The van der Waals surface area contributed by atoms with Crippen LogP contribution in [0, 0.1) is 0 Å². The molecule has 2 saturated heterocycles. The number of hydrogen-bond acceptors (Lipinski definition) is 3. The Morgan fingerprint density at radius 2 is 2.10 bits per heavy atom. The van der Waals surface area contributed by atoms with Crippen LogP contribution in [0.3, 0.4) is 0 Å². The van der Waals surface area contributed by atoms with Crippen LogP contribution in [0.15, 0.2) is 18.3 Å². The Bertz CT molecular complexity index is 609. The normalized spacial score (nSPS) is 25.6. The molecule has 0 saturated carbocycles.